The van der Waals surface area contributed by atoms with Crippen LogP contribution in [0.15, 0.2) is 0 Å². The predicted octanol–water partition coefficient (Wildman–Crippen LogP) is 6.01. The van der Waals surface area contributed by atoms with Crippen LogP contribution in [-0.4, -0.2) is 106 Å². The SMILES string of the molecule is CN1C[C@]2(C[C@H]1C(=O)CC(CC1CCC1)C(O)C(N)=O)C(C)(C)C21CCC1.CN1C[C@]2(C[C@H]1C(=O)O)C(C)(C)C21CCC1.Cl.II.NC(=O)C(O)C(N)CC1CCC1. The molecule has 334 valence electrons. The number of halogens is 3. The number of fused-ring (bicyclic) bond motifs is 2. The van der Waals surface area contributed by atoms with Gasteiger partial charge in [-0.25, -0.2) is 0 Å². The zero-order chi connectivity index (χ0) is 42.5. The summed E-state index contributed by atoms with van der Waals surface area (Å²) in [5.41, 5.74) is 18.0. The van der Waals surface area contributed by atoms with E-state index in [1.54, 1.807) is 0 Å². The molecule has 2 heterocycles. The Morgan fingerprint density at radius 1 is 0.672 bits per heavy atom. The highest BCUT2D eigenvalue weighted by Crippen LogP contribution is 2.89. The van der Waals surface area contributed by atoms with E-state index in [0.717, 1.165) is 45.2 Å². The number of nitrogens with zero attached hydrogens (tertiary/aromatic N) is 2. The Kier molecular flexibility index (Phi) is 16.3. The third kappa shape index (κ3) is 8.28. The van der Waals surface area contributed by atoms with Crippen LogP contribution in [0.2, 0.25) is 0 Å². The summed E-state index contributed by atoms with van der Waals surface area (Å²) < 4.78 is 0. The molecule has 0 bridgehead atoms. The molecule has 0 aromatic heterocycles. The number of carbonyl (C=O) groups is 4. The largest absolute Gasteiger partial charge is 0.480 e. The van der Waals surface area contributed by atoms with Gasteiger partial charge in [0.1, 0.15) is 24.0 Å². The Balaban J connectivity index is 0.000000204. The quantitative estimate of drug-likeness (QED) is 0.125. The van der Waals surface area contributed by atoms with Crippen LogP contribution in [0.5, 0.6) is 0 Å². The number of hydrogen-bond acceptors (Lipinski definition) is 9. The number of carboxylic acid groups (broad SMARTS) is 1. The number of carbonyl (C=O) groups excluding carboxylic acids is 3. The van der Waals surface area contributed by atoms with E-state index in [1.807, 2.05) is 7.05 Å². The molecular formula is C43H74ClI2N5O7. The molecule has 4 unspecified atom stereocenters. The molecule has 2 saturated heterocycles. The lowest BCUT2D eigenvalue weighted by molar-refractivity contribution is -0.141. The number of likely N-dealkylation sites (tertiary alicyclic amines) is 2. The fourth-order valence-corrected chi connectivity index (χ4v) is 13.8. The molecule has 2 amide bonds. The molecule has 8 rings (SSSR count). The molecule has 0 aromatic rings. The van der Waals surface area contributed by atoms with Crippen molar-refractivity contribution in [3.63, 3.8) is 0 Å². The number of aliphatic carboxylic acids is 1. The monoisotopic (exact) mass is 1060 g/mol. The Morgan fingerprint density at radius 2 is 1.07 bits per heavy atom. The summed E-state index contributed by atoms with van der Waals surface area (Å²) in [6, 6.07) is -0.805. The van der Waals surface area contributed by atoms with Gasteiger partial charge in [0.05, 0.1) is 6.04 Å². The highest BCUT2D eigenvalue weighted by atomic mass is 128. The number of rotatable bonds is 12. The van der Waals surface area contributed by atoms with Crippen molar-refractivity contribution in [2.45, 2.75) is 167 Å². The topological polar surface area (TPSA) is 214 Å². The molecule has 2 aliphatic heterocycles. The minimum Gasteiger partial charge on any atom is -0.480 e. The summed E-state index contributed by atoms with van der Waals surface area (Å²) in [7, 11) is 4.04. The molecule has 0 aromatic carbocycles. The van der Waals surface area contributed by atoms with E-state index < -0.39 is 36.0 Å². The molecule has 0 radical (unpaired) electrons. The van der Waals surface area contributed by atoms with Gasteiger partial charge in [-0.1, -0.05) is 79.1 Å². The van der Waals surface area contributed by atoms with Gasteiger partial charge in [0.2, 0.25) is 11.8 Å². The van der Waals surface area contributed by atoms with Crippen LogP contribution >= 0.6 is 49.6 Å². The maximum atomic E-state index is 13.2. The minimum atomic E-state index is -1.20. The minimum absolute atomic E-state index is 0. The summed E-state index contributed by atoms with van der Waals surface area (Å²) in [4.78, 5) is 50.8. The zero-order valence-corrected chi connectivity index (χ0v) is 41.0. The van der Waals surface area contributed by atoms with Crippen LogP contribution in [0.3, 0.4) is 0 Å². The molecule has 8 aliphatic rings. The van der Waals surface area contributed by atoms with E-state index in [4.69, 9.17) is 22.3 Å². The van der Waals surface area contributed by atoms with Gasteiger partial charge in [-0.2, -0.15) is 0 Å². The molecular weight excluding hydrogens is 988 g/mol. The van der Waals surface area contributed by atoms with Gasteiger partial charge in [-0.15, -0.1) is 12.4 Å². The second-order valence-corrected chi connectivity index (χ2v) is 20.7. The lowest BCUT2D eigenvalue weighted by atomic mass is 9.73. The molecule has 4 spiro atoms. The number of nitrogens with two attached hydrogens (primary N) is 3. The van der Waals surface area contributed by atoms with Gasteiger partial charge in [0.25, 0.3) is 0 Å². The molecule has 15 heteroatoms. The van der Waals surface area contributed by atoms with Crippen molar-refractivity contribution in [2.75, 3.05) is 27.2 Å². The number of aliphatic hydroxyl groups excluding tert-OH is 2. The molecule has 9 N–H and O–H groups in total. The molecule has 12 nitrogen and oxygen atoms in total. The summed E-state index contributed by atoms with van der Waals surface area (Å²) >= 11 is 4.24. The first-order valence-electron chi connectivity index (χ1n) is 21.6. The molecule has 6 aliphatic carbocycles. The third-order valence-corrected chi connectivity index (χ3v) is 18.3. The number of hydrogen-bond donors (Lipinski definition) is 6. The van der Waals surface area contributed by atoms with Crippen LogP contribution in [0.4, 0.5) is 0 Å². The van der Waals surface area contributed by atoms with Crippen molar-refractivity contribution < 1.29 is 34.5 Å². The average molecular weight is 1060 g/mol. The Labute approximate surface area is 376 Å². The Hall–Kier alpha value is -0.370. The number of likely N-dealkylation sites (N-methyl/N-ethyl adjacent to an activating group) is 2. The third-order valence-electron chi connectivity index (χ3n) is 18.3. The second-order valence-electron chi connectivity index (χ2n) is 20.7. The number of aliphatic hydroxyl groups is 2. The van der Waals surface area contributed by atoms with Gasteiger partial charge in [-0.05, 0) is 110 Å². The van der Waals surface area contributed by atoms with Crippen molar-refractivity contribution in [1.82, 2.24) is 9.80 Å². The van der Waals surface area contributed by atoms with Crippen molar-refractivity contribution in [3.8, 4) is 0 Å². The van der Waals surface area contributed by atoms with E-state index in [-0.39, 0.29) is 48.0 Å². The smallest absolute Gasteiger partial charge is 0.320 e. The highest BCUT2D eigenvalue weighted by Gasteiger charge is 2.85. The standard InChI is InChI=1S/C22H36N2O3.C13H21NO2.C8H16N2O2.ClH.I2/c1-20(2)21(8-5-9-21)22(20)12-16(24(3)13-22)17(25)11-15(18(26)19(23)27)10-14-6-4-7-14;1-11(2)12(5-4-6-12)13(11)7-9(10(15)16)14(3)8-13;9-6(7(11)8(10)12)4-5-2-1-3-5;;1-2/h14-16,18,26H,4-13H2,1-3H3,(H2,23,27);9H,4-8H2,1-3H3,(H,15,16);5-7,11H,1-4,9H2,(H2,10,12);1H;/t15?,16-,18?,22+;9-,13+;;;/m00.../s1. The second kappa shape index (κ2) is 18.8. The molecule has 6 saturated carbocycles. The van der Waals surface area contributed by atoms with Crippen LogP contribution in [0, 0.1) is 50.2 Å². The number of amides is 2. The van der Waals surface area contributed by atoms with E-state index in [9.17, 15) is 29.4 Å². The van der Waals surface area contributed by atoms with E-state index in [0.29, 0.717) is 45.3 Å². The first kappa shape index (κ1) is 50.3. The summed E-state index contributed by atoms with van der Waals surface area (Å²) in [5.74, 6) is -1.07. The molecule has 58 heavy (non-hydrogen) atoms. The van der Waals surface area contributed by atoms with Crippen LogP contribution in [-0.2, 0) is 19.2 Å². The number of Topliss-reactive ketones (excluding diaryl/α,β-unsaturated/α-hetero) is 1. The summed E-state index contributed by atoms with van der Waals surface area (Å²) in [5, 5.41) is 28.7. The lowest BCUT2D eigenvalue weighted by Crippen LogP contribution is -2.45. The van der Waals surface area contributed by atoms with Gasteiger partial charge in [0, 0.05) is 68.7 Å². The van der Waals surface area contributed by atoms with Gasteiger partial charge >= 0.3 is 5.97 Å². The number of ketones is 1. The van der Waals surface area contributed by atoms with Crippen molar-refractivity contribution in [2.24, 2.45) is 67.4 Å². The normalized spacial score (nSPS) is 33.7. The average Bonchev–Trinajstić information content (AvgIpc) is 3.39. The van der Waals surface area contributed by atoms with Crippen molar-refractivity contribution >= 4 is 73.2 Å². The highest BCUT2D eigenvalue weighted by molar-refractivity contribution is 15.0. The van der Waals surface area contributed by atoms with Crippen molar-refractivity contribution in [3.05, 3.63) is 0 Å². The molecule has 8 fully saturated rings. The zero-order valence-electron chi connectivity index (χ0n) is 35.8. The predicted molar refractivity (Wildman–Crippen MR) is 245 cm³/mol. The maximum absolute atomic E-state index is 13.2. The molecule has 8 atom stereocenters. The van der Waals surface area contributed by atoms with Crippen LogP contribution < -0.4 is 17.2 Å². The van der Waals surface area contributed by atoms with E-state index in [2.05, 4.69) is 81.8 Å². The fourth-order valence-electron chi connectivity index (χ4n) is 13.8. The van der Waals surface area contributed by atoms with Gasteiger partial charge in [0.15, 0.2) is 0 Å². The van der Waals surface area contributed by atoms with E-state index >= 15 is 0 Å². The van der Waals surface area contributed by atoms with Crippen molar-refractivity contribution in [1.29, 1.82) is 0 Å². The summed E-state index contributed by atoms with van der Waals surface area (Å²) in [6.45, 7) is 11.5. The van der Waals surface area contributed by atoms with Gasteiger partial charge in [-0.3, -0.25) is 29.0 Å². The first-order chi connectivity index (χ1) is 26.6. The maximum Gasteiger partial charge on any atom is 0.320 e. The first-order valence-corrected chi connectivity index (χ1v) is 27.9. The lowest BCUT2D eigenvalue weighted by Gasteiger charge is -2.32. The van der Waals surface area contributed by atoms with Crippen LogP contribution in [0.25, 0.3) is 0 Å². The summed E-state index contributed by atoms with van der Waals surface area (Å²) in [6.07, 6.45) is 16.1. The number of carboxylic acids is 1. The van der Waals surface area contributed by atoms with Crippen LogP contribution in [0.1, 0.15) is 137 Å². The number of primary amides is 2. The Morgan fingerprint density at radius 3 is 1.38 bits per heavy atom. The fraction of sp³-hybridized carbons (Fsp3) is 0.907. The Bertz CT molecular complexity index is 1500. The van der Waals surface area contributed by atoms with E-state index in [1.165, 1.54) is 64.2 Å². The van der Waals surface area contributed by atoms with Gasteiger partial charge < -0.3 is 32.5 Å².